The lowest BCUT2D eigenvalue weighted by Crippen LogP contribution is -2.56. The molecular weight excluding hydrogens is 442 g/mol. The van der Waals surface area contributed by atoms with Gasteiger partial charge in [0.1, 0.15) is 17.7 Å². The second-order valence-corrected chi connectivity index (χ2v) is 12.4. The molecule has 0 aliphatic heterocycles. The number of amides is 3. The Balaban J connectivity index is 2.52. The molecule has 1 aliphatic rings. The van der Waals surface area contributed by atoms with Crippen molar-refractivity contribution >= 4 is 17.9 Å². The standard InChI is InChI=1S/C28H45N3O4/c1-17(2)15-21(29-26(34)35-28(8,9)10)25(33)31(22-16-19(22)4)23(24(32)30-27(5,6)7)20-14-12-11-13-18(20)3/h11-14,17,19,21-23H,15-16H2,1-10H3,(H,29,34)(H,30,32). The summed E-state index contributed by atoms with van der Waals surface area (Å²) in [5.74, 6) is -0.0529. The highest BCUT2D eigenvalue weighted by atomic mass is 16.6. The minimum atomic E-state index is -0.799. The van der Waals surface area contributed by atoms with Crippen LogP contribution in [0.5, 0.6) is 0 Å². The van der Waals surface area contributed by atoms with Crippen molar-refractivity contribution in [2.45, 2.75) is 111 Å². The normalized spacial score (nSPS) is 19.5. The predicted octanol–water partition coefficient (Wildman–Crippen LogP) is 5.13. The molecule has 1 aliphatic carbocycles. The molecule has 7 nitrogen and oxygen atoms in total. The minimum absolute atomic E-state index is 0.0760. The summed E-state index contributed by atoms with van der Waals surface area (Å²) in [6, 6.07) is 6.01. The molecule has 0 aromatic heterocycles. The van der Waals surface area contributed by atoms with Crippen LogP contribution in [0.25, 0.3) is 0 Å². The van der Waals surface area contributed by atoms with Crippen LogP contribution >= 0.6 is 0 Å². The summed E-state index contributed by atoms with van der Waals surface area (Å²) in [5.41, 5.74) is 0.584. The lowest BCUT2D eigenvalue weighted by molar-refractivity contribution is -0.144. The summed E-state index contributed by atoms with van der Waals surface area (Å²) in [6.45, 7) is 19.2. The van der Waals surface area contributed by atoms with E-state index in [1.807, 2.05) is 65.8 Å². The van der Waals surface area contributed by atoms with E-state index in [2.05, 4.69) is 17.6 Å². The van der Waals surface area contributed by atoms with Crippen LogP contribution in [0.1, 0.15) is 92.3 Å². The number of aryl methyl sites for hydroxylation is 1. The maximum absolute atomic E-state index is 14.2. The van der Waals surface area contributed by atoms with Gasteiger partial charge in [0.2, 0.25) is 11.8 Å². The van der Waals surface area contributed by atoms with Crippen molar-refractivity contribution in [3.8, 4) is 0 Å². The highest BCUT2D eigenvalue weighted by Gasteiger charge is 2.48. The number of rotatable bonds is 8. The molecule has 0 saturated heterocycles. The molecule has 2 rings (SSSR count). The summed E-state index contributed by atoms with van der Waals surface area (Å²) in [4.78, 5) is 42.3. The minimum Gasteiger partial charge on any atom is -0.444 e. The van der Waals surface area contributed by atoms with Crippen molar-refractivity contribution in [2.75, 3.05) is 0 Å². The van der Waals surface area contributed by atoms with Gasteiger partial charge in [-0.05, 0) is 84.3 Å². The van der Waals surface area contributed by atoms with Crippen molar-refractivity contribution in [3.63, 3.8) is 0 Å². The van der Waals surface area contributed by atoms with Crippen LogP contribution in [0, 0.1) is 18.8 Å². The molecule has 4 unspecified atom stereocenters. The van der Waals surface area contributed by atoms with E-state index in [-0.39, 0.29) is 29.7 Å². The van der Waals surface area contributed by atoms with Crippen molar-refractivity contribution in [2.24, 2.45) is 11.8 Å². The Labute approximate surface area is 211 Å². The monoisotopic (exact) mass is 487 g/mol. The number of hydrogen-bond acceptors (Lipinski definition) is 4. The fourth-order valence-corrected chi connectivity index (χ4v) is 4.24. The molecule has 1 aromatic rings. The van der Waals surface area contributed by atoms with Crippen LogP contribution in [0.4, 0.5) is 4.79 Å². The van der Waals surface area contributed by atoms with Crippen LogP contribution in [0.3, 0.4) is 0 Å². The highest BCUT2D eigenvalue weighted by molar-refractivity contribution is 5.93. The Morgan fingerprint density at radius 3 is 2.11 bits per heavy atom. The van der Waals surface area contributed by atoms with Crippen LogP contribution < -0.4 is 10.6 Å². The largest absolute Gasteiger partial charge is 0.444 e. The van der Waals surface area contributed by atoms with Gasteiger partial charge in [-0.2, -0.15) is 0 Å². The molecule has 2 N–H and O–H groups in total. The third-order valence-electron chi connectivity index (χ3n) is 5.88. The first-order chi connectivity index (χ1) is 16.0. The smallest absolute Gasteiger partial charge is 0.408 e. The van der Waals surface area contributed by atoms with Gasteiger partial charge < -0.3 is 20.3 Å². The molecule has 1 saturated carbocycles. The average Bonchev–Trinajstić information content (AvgIpc) is 3.38. The lowest BCUT2D eigenvalue weighted by Gasteiger charge is -2.37. The molecule has 7 heteroatoms. The number of benzene rings is 1. The van der Waals surface area contributed by atoms with Gasteiger partial charge in [0.25, 0.3) is 0 Å². The molecule has 0 heterocycles. The van der Waals surface area contributed by atoms with Gasteiger partial charge in [-0.25, -0.2) is 4.79 Å². The quantitative estimate of drug-likeness (QED) is 0.532. The van der Waals surface area contributed by atoms with Crippen molar-refractivity contribution in [1.82, 2.24) is 15.5 Å². The first kappa shape index (κ1) is 28.7. The van der Waals surface area contributed by atoms with Gasteiger partial charge in [0.05, 0.1) is 0 Å². The van der Waals surface area contributed by atoms with Crippen molar-refractivity contribution in [1.29, 1.82) is 0 Å². The van der Waals surface area contributed by atoms with Crippen molar-refractivity contribution < 1.29 is 19.1 Å². The third kappa shape index (κ3) is 8.55. The summed E-state index contributed by atoms with van der Waals surface area (Å²) in [7, 11) is 0. The number of hydrogen-bond donors (Lipinski definition) is 2. The zero-order valence-corrected chi connectivity index (χ0v) is 23.2. The zero-order chi connectivity index (χ0) is 26.7. The van der Waals surface area contributed by atoms with Crippen LogP contribution in [-0.4, -0.2) is 46.0 Å². The summed E-state index contributed by atoms with van der Waals surface area (Å²) in [6.07, 6.45) is 0.626. The fourth-order valence-electron chi connectivity index (χ4n) is 4.24. The first-order valence-electron chi connectivity index (χ1n) is 12.7. The molecule has 1 fully saturated rings. The SMILES string of the molecule is Cc1ccccc1C(C(=O)NC(C)(C)C)N(C(=O)C(CC(C)C)NC(=O)OC(C)(C)C)C1CC1C. The molecule has 0 radical (unpaired) electrons. The van der Waals surface area contributed by atoms with Gasteiger partial charge in [-0.3, -0.25) is 9.59 Å². The Bertz CT molecular complexity index is 914. The fraction of sp³-hybridized carbons (Fsp3) is 0.679. The maximum atomic E-state index is 14.2. The first-order valence-corrected chi connectivity index (χ1v) is 12.7. The predicted molar refractivity (Wildman–Crippen MR) is 139 cm³/mol. The average molecular weight is 488 g/mol. The van der Waals surface area contributed by atoms with Gasteiger partial charge in [0, 0.05) is 11.6 Å². The number of carbonyl (C=O) groups excluding carboxylic acids is 3. The van der Waals surface area contributed by atoms with E-state index in [1.165, 1.54) is 0 Å². The van der Waals surface area contributed by atoms with Crippen LogP contribution in [0.2, 0.25) is 0 Å². The Morgan fingerprint density at radius 1 is 1.09 bits per heavy atom. The van der Waals surface area contributed by atoms with E-state index >= 15 is 0 Å². The van der Waals surface area contributed by atoms with Gasteiger partial charge in [-0.1, -0.05) is 45.0 Å². The molecule has 35 heavy (non-hydrogen) atoms. The summed E-state index contributed by atoms with van der Waals surface area (Å²) < 4.78 is 5.45. The number of ether oxygens (including phenoxy) is 1. The van der Waals surface area contributed by atoms with E-state index in [9.17, 15) is 14.4 Å². The number of nitrogens with one attached hydrogen (secondary N) is 2. The van der Waals surface area contributed by atoms with Gasteiger partial charge in [-0.15, -0.1) is 0 Å². The van der Waals surface area contributed by atoms with Gasteiger partial charge in [0.15, 0.2) is 0 Å². The Kier molecular flexibility index (Phi) is 9.01. The van der Waals surface area contributed by atoms with Crippen LogP contribution in [-0.2, 0) is 14.3 Å². The Morgan fingerprint density at radius 2 is 1.66 bits per heavy atom. The molecule has 196 valence electrons. The molecule has 3 amide bonds. The second kappa shape index (κ2) is 11.0. The summed E-state index contributed by atoms with van der Waals surface area (Å²) >= 11 is 0. The van der Waals surface area contributed by atoms with Crippen molar-refractivity contribution in [3.05, 3.63) is 35.4 Å². The molecule has 0 spiro atoms. The molecule has 0 bridgehead atoms. The van der Waals surface area contributed by atoms with E-state index in [0.717, 1.165) is 17.5 Å². The third-order valence-corrected chi connectivity index (χ3v) is 5.88. The number of carbonyl (C=O) groups is 3. The van der Waals surface area contributed by atoms with E-state index in [1.54, 1.807) is 25.7 Å². The summed E-state index contributed by atoms with van der Waals surface area (Å²) in [5, 5.41) is 5.89. The number of nitrogens with zero attached hydrogens (tertiary/aromatic N) is 1. The number of alkyl carbamates (subject to hydrolysis) is 1. The van der Waals surface area contributed by atoms with E-state index < -0.39 is 29.3 Å². The molecule has 1 aromatic carbocycles. The topological polar surface area (TPSA) is 87.7 Å². The highest BCUT2D eigenvalue weighted by Crippen LogP contribution is 2.41. The molecule has 4 atom stereocenters. The van der Waals surface area contributed by atoms with Gasteiger partial charge >= 0.3 is 6.09 Å². The maximum Gasteiger partial charge on any atom is 0.408 e. The second-order valence-electron chi connectivity index (χ2n) is 12.4. The molecular formula is C28H45N3O4. The van der Waals surface area contributed by atoms with Crippen LogP contribution in [0.15, 0.2) is 24.3 Å². The Hall–Kier alpha value is -2.57. The van der Waals surface area contributed by atoms with E-state index in [0.29, 0.717) is 6.42 Å². The lowest BCUT2D eigenvalue weighted by atomic mass is 9.95. The van der Waals surface area contributed by atoms with E-state index in [4.69, 9.17) is 4.74 Å². The zero-order valence-electron chi connectivity index (χ0n) is 23.2.